The van der Waals surface area contributed by atoms with Crippen LogP contribution >= 0.6 is 15.9 Å². The second kappa shape index (κ2) is 4.58. The van der Waals surface area contributed by atoms with Gasteiger partial charge in [-0.15, -0.1) is 0 Å². The van der Waals surface area contributed by atoms with Crippen LogP contribution in [0.2, 0.25) is 0 Å². The zero-order valence-corrected chi connectivity index (χ0v) is 11.5. The Bertz CT molecular complexity index is 502. The van der Waals surface area contributed by atoms with Gasteiger partial charge < -0.3 is 4.42 Å². The van der Waals surface area contributed by atoms with Crippen LogP contribution in [0.15, 0.2) is 21.0 Å². The topological polar surface area (TPSA) is 26.0 Å². The van der Waals surface area contributed by atoms with Crippen LogP contribution in [0.25, 0.3) is 11.1 Å². The minimum absolute atomic E-state index is 0.507. The van der Waals surface area contributed by atoms with Gasteiger partial charge in [-0.3, -0.25) is 0 Å². The van der Waals surface area contributed by atoms with Crippen molar-refractivity contribution < 1.29 is 4.42 Å². The number of hydrogen-bond donors (Lipinski definition) is 0. The van der Waals surface area contributed by atoms with Gasteiger partial charge in [-0.25, -0.2) is 4.98 Å². The van der Waals surface area contributed by atoms with Crippen LogP contribution in [-0.2, 0) is 6.42 Å². The lowest BCUT2D eigenvalue weighted by atomic mass is 10.0. The average molecular weight is 282 g/mol. The first-order chi connectivity index (χ1) is 7.61. The molecule has 86 valence electrons. The average Bonchev–Trinajstić information content (AvgIpc) is 2.61. The Kier molecular flexibility index (Phi) is 3.33. The van der Waals surface area contributed by atoms with Gasteiger partial charge >= 0.3 is 0 Å². The summed E-state index contributed by atoms with van der Waals surface area (Å²) in [6.45, 7) is 6.49. The van der Waals surface area contributed by atoms with E-state index in [4.69, 9.17) is 4.42 Å². The molecule has 0 unspecified atom stereocenters. The summed E-state index contributed by atoms with van der Waals surface area (Å²) in [5.74, 6) is 1.34. The van der Waals surface area contributed by atoms with Gasteiger partial charge in [0, 0.05) is 6.42 Å². The van der Waals surface area contributed by atoms with Crippen molar-refractivity contribution in [1.29, 1.82) is 0 Å². The molecule has 16 heavy (non-hydrogen) atoms. The van der Waals surface area contributed by atoms with Gasteiger partial charge in [0.05, 0.1) is 4.47 Å². The minimum atomic E-state index is 0.507. The summed E-state index contributed by atoms with van der Waals surface area (Å²) in [5, 5.41) is 0. The number of oxazole rings is 1. The molecule has 2 rings (SSSR count). The standard InChI is InChI=1S/C13H16BrNO/c1-4-5-12-15-11-7-9(8(2)3)6-10(14)13(11)16-12/h6-8H,4-5H2,1-3H3. The Morgan fingerprint density at radius 2 is 2.12 bits per heavy atom. The summed E-state index contributed by atoms with van der Waals surface area (Å²) < 4.78 is 6.72. The maximum absolute atomic E-state index is 5.72. The Balaban J connectivity index is 2.54. The van der Waals surface area contributed by atoms with Gasteiger partial charge in [0.15, 0.2) is 11.5 Å². The molecular weight excluding hydrogens is 266 g/mol. The third kappa shape index (κ3) is 2.14. The minimum Gasteiger partial charge on any atom is -0.440 e. The number of aromatic nitrogens is 1. The summed E-state index contributed by atoms with van der Waals surface area (Å²) in [6.07, 6.45) is 1.96. The molecule has 0 N–H and O–H groups in total. The van der Waals surface area contributed by atoms with Crippen molar-refractivity contribution in [3.05, 3.63) is 28.1 Å². The van der Waals surface area contributed by atoms with E-state index in [9.17, 15) is 0 Å². The zero-order valence-electron chi connectivity index (χ0n) is 9.88. The summed E-state index contributed by atoms with van der Waals surface area (Å²) in [6, 6.07) is 4.24. The molecule has 0 aliphatic carbocycles. The van der Waals surface area contributed by atoms with Crippen molar-refractivity contribution in [3.63, 3.8) is 0 Å². The highest BCUT2D eigenvalue weighted by molar-refractivity contribution is 9.10. The molecule has 0 aliphatic rings. The van der Waals surface area contributed by atoms with Gasteiger partial charge in [0.1, 0.15) is 5.52 Å². The lowest BCUT2D eigenvalue weighted by Gasteiger charge is -2.04. The van der Waals surface area contributed by atoms with Crippen molar-refractivity contribution in [2.75, 3.05) is 0 Å². The van der Waals surface area contributed by atoms with E-state index in [1.165, 1.54) is 5.56 Å². The van der Waals surface area contributed by atoms with Gasteiger partial charge in [-0.05, 0) is 46.0 Å². The fraction of sp³-hybridized carbons (Fsp3) is 0.462. The highest BCUT2D eigenvalue weighted by Gasteiger charge is 2.11. The van der Waals surface area contributed by atoms with Crippen molar-refractivity contribution in [2.45, 2.75) is 39.5 Å². The highest BCUT2D eigenvalue weighted by atomic mass is 79.9. The van der Waals surface area contributed by atoms with Crippen LogP contribution in [0, 0.1) is 0 Å². The van der Waals surface area contributed by atoms with Crippen LogP contribution < -0.4 is 0 Å². The predicted molar refractivity (Wildman–Crippen MR) is 69.8 cm³/mol. The van der Waals surface area contributed by atoms with E-state index in [0.29, 0.717) is 5.92 Å². The maximum Gasteiger partial charge on any atom is 0.195 e. The van der Waals surface area contributed by atoms with E-state index in [0.717, 1.165) is 34.3 Å². The molecule has 0 atom stereocenters. The molecule has 0 aliphatic heterocycles. The van der Waals surface area contributed by atoms with E-state index in [2.05, 4.69) is 53.8 Å². The molecule has 0 radical (unpaired) electrons. The van der Waals surface area contributed by atoms with Crippen molar-refractivity contribution >= 4 is 27.0 Å². The molecule has 0 amide bonds. The number of aryl methyl sites for hydroxylation is 1. The molecule has 0 spiro atoms. The van der Waals surface area contributed by atoms with Crippen LogP contribution in [0.3, 0.4) is 0 Å². The Hall–Kier alpha value is -0.830. The Morgan fingerprint density at radius 1 is 1.38 bits per heavy atom. The largest absolute Gasteiger partial charge is 0.440 e. The quantitative estimate of drug-likeness (QED) is 0.817. The number of rotatable bonds is 3. The lowest BCUT2D eigenvalue weighted by molar-refractivity contribution is 0.524. The smallest absolute Gasteiger partial charge is 0.195 e. The Labute approximate surface area is 104 Å². The molecule has 1 heterocycles. The SMILES string of the molecule is CCCc1nc2cc(C(C)C)cc(Br)c2o1. The number of hydrogen-bond acceptors (Lipinski definition) is 2. The monoisotopic (exact) mass is 281 g/mol. The molecule has 0 saturated heterocycles. The first kappa shape index (κ1) is 11.6. The molecule has 0 bridgehead atoms. The normalized spacial score (nSPS) is 11.6. The predicted octanol–water partition coefficient (Wildman–Crippen LogP) is 4.67. The number of benzene rings is 1. The van der Waals surface area contributed by atoms with E-state index >= 15 is 0 Å². The third-order valence-electron chi connectivity index (χ3n) is 2.64. The second-order valence-electron chi connectivity index (χ2n) is 4.36. The zero-order chi connectivity index (χ0) is 11.7. The van der Waals surface area contributed by atoms with Crippen LogP contribution in [0.4, 0.5) is 0 Å². The first-order valence-corrected chi connectivity index (χ1v) is 6.50. The van der Waals surface area contributed by atoms with E-state index in [1.54, 1.807) is 0 Å². The lowest BCUT2D eigenvalue weighted by Crippen LogP contribution is -1.87. The van der Waals surface area contributed by atoms with E-state index in [-0.39, 0.29) is 0 Å². The molecule has 2 nitrogen and oxygen atoms in total. The maximum atomic E-state index is 5.72. The summed E-state index contributed by atoms with van der Waals surface area (Å²) >= 11 is 3.55. The van der Waals surface area contributed by atoms with Crippen molar-refractivity contribution in [3.8, 4) is 0 Å². The second-order valence-corrected chi connectivity index (χ2v) is 5.22. The molecule has 0 saturated carbocycles. The fourth-order valence-electron chi connectivity index (χ4n) is 1.71. The third-order valence-corrected chi connectivity index (χ3v) is 3.23. The highest BCUT2D eigenvalue weighted by Crippen LogP contribution is 2.29. The Morgan fingerprint density at radius 3 is 2.75 bits per heavy atom. The van der Waals surface area contributed by atoms with Crippen molar-refractivity contribution in [2.24, 2.45) is 0 Å². The molecular formula is C13H16BrNO. The molecule has 1 aromatic carbocycles. The van der Waals surface area contributed by atoms with Crippen LogP contribution in [0.5, 0.6) is 0 Å². The number of halogens is 1. The molecule has 2 aromatic rings. The molecule has 1 aromatic heterocycles. The van der Waals surface area contributed by atoms with Gasteiger partial charge in [-0.2, -0.15) is 0 Å². The fourth-order valence-corrected chi connectivity index (χ4v) is 2.26. The number of fused-ring (bicyclic) bond motifs is 1. The van der Waals surface area contributed by atoms with Gasteiger partial charge in [0.25, 0.3) is 0 Å². The van der Waals surface area contributed by atoms with Crippen molar-refractivity contribution in [1.82, 2.24) is 4.98 Å². The van der Waals surface area contributed by atoms with Crippen LogP contribution in [0.1, 0.15) is 44.6 Å². The first-order valence-electron chi connectivity index (χ1n) is 5.70. The summed E-state index contributed by atoms with van der Waals surface area (Å²) in [7, 11) is 0. The van der Waals surface area contributed by atoms with E-state index in [1.807, 2.05) is 0 Å². The summed E-state index contributed by atoms with van der Waals surface area (Å²) in [5.41, 5.74) is 3.12. The summed E-state index contributed by atoms with van der Waals surface area (Å²) in [4.78, 5) is 4.51. The van der Waals surface area contributed by atoms with Gasteiger partial charge in [0.2, 0.25) is 0 Å². The van der Waals surface area contributed by atoms with Gasteiger partial charge in [-0.1, -0.05) is 20.8 Å². The van der Waals surface area contributed by atoms with Crippen LogP contribution in [-0.4, -0.2) is 4.98 Å². The van der Waals surface area contributed by atoms with E-state index < -0.39 is 0 Å². The molecule has 0 fully saturated rings. The number of nitrogens with zero attached hydrogens (tertiary/aromatic N) is 1. The molecule has 3 heteroatoms.